The average Bonchev–Trinajstić information content (AvgIpc) is 2.38. The predicted molar refractivity (Wildman–Crippen MR) is 59.5 cm³/mol. The molecule has 0 aromatic rings. The fourth-order valence-corrected chi connectivity index (χ4v) is 0.701. The average molecular weight is 268 g/mol. The van der Waals surface area contributed by atoms with E-state index in [4.69, 9.17) is 20.4 Å². The van der Waals surface area contributed by atoms with Crippen LogP contribution in [0, 0.1) is 0 Å². The first-order chi connectivity index (χ1) is 8.42. The summed E-state index contributed by atoms with van der Waals surface area (Å²) in [5.41, 5.74) is 0. The molecule has 108 valence electrons. The van der Waals surface area contributed by atoms with E-state index in [2.05, 4.69) is 9.47 Å². The largest absolute Gasteiger partial charge is 0.469 e. The van der Waals surface area contributed by atoms with Crippen molar-refractivity contribution in [3.8, 4) is 0 Å². The van der Waals surface area contributed by atoms with Gasteiger partial charge in [0.15, 0.2) is 6.10 Å². The molecule has 0 aliphatic rings. The van der Waals surface area contributed by atoms with E-state index < -0.39 is 24.1 Å². The summed E-state index contributed by atoms with van der Waals surface area (Å²) >= 11 is 0. The van der Waals surface area contributed by atoms with Crippen molar-refractivity contribution in [2.45, 2.75) is 25.0 Å². The van der Waals surface area contributed by atoms with Crippen molar-refractivity contribution in [3.05, 3.63) is 0 Å². The molecule has 0 aliphatic carbocycles. The number of methoxy groups -OCH3 is 2. The van der Waals surface area contributed by atoms with Crippen LogP contribution in [-0.2, 0) is 19.1 Å². The molecule has 0 saturated carbocycles. The first-order valence-corrected chi connectivity index (χ1v) is 5.15. The van der Waals surface area contributed by atoms with Crippen LogP contribution in [0.1, 0.15) is 12.8 Å². The van der Waals surface area contributed by atoms with Gasteiger partial charge in [-0.3, -0.25) is 4.79 Å². The van der Waals surface area contributed by atoms with E-state index in [1.807, 2.05) is 0 Å². The Morgan fingerprint density at radius 3 is 1.94 bits per heavy atom. The van der Waals surface area contributed by atoms with Crippen molar-refractivity contribution in [2.24, 2.45) is 0 Å². The Balaban J connectivity index is 0. The summed E-state index contributed by atoms with van der Waals surface area (Å²) < 4.78 is 8.37. The maximum atomic E-state index is 10.5. The molecule has 2 atom stereocenters. The topological polar surface area (TPSA) is 134 Å². The summed E-state index contributed by atoms with van der Waals surface area (Å²) in [5, 5.41) is 33.5. The number of carbonyl (C=O) groups excluding carboxylic acids is 2. The Morgan fingerprint density at radius 2 is 1.67 bits per heavy atom. The molecule has 0 fully saturated rings. The van der Waals surface area contributed by atoms with Gasteiger partial charge in [-0.15, -0.1) is 0 Å². The van der Waals surface area contributed by atoms with Gasteiger partial charge in [-0.25, -0.2) is 4.79 Å². The zero-order valence-electron chi connectivity index (χ0n) is 10.4. The van der Waals surface area contributed by atoms with E-state index in [1.54, 1.807) is 0 Å². The third-order valence-electron chi connectivity index (χ3n) is 1.73. The second-order valence-corrected chi connectivity index (χ2v) is 3.17. The first kappa shape index (κ1) is 19.1. The van der Waals surface area contributed by atoms with Crippen molar-refractivity contribution in [3.63, 3.8) is 0 Å². The highest BCUT2D eigenvalue weighted by Crippen LogP contribution is 1.95. The Labute approximate surface area is 105 Å². The van der Waals surface area contributed by atoms with Gasteiger partial charge >= 0.3 is 11.9 Å². The minimum absolute atomic E-state index is 0.0677. The van der Waals surface area contributed by atoms with Crippen LogP contribution in [0.3, 0.4) is 0 Å². The first-order valence-electron chi connectivity index (χ1n) is 5.15. The molecular weight excluding hydrogens is 248 g/mol. The molecule has 0 heterocycles. The molecule has 1 unspecified atom stereocenters. The quantitative estimate of drug-likeness (QED) is 0.399. The zero-order valence-corrected chi connectivity index (χ0v) is 10.4. The monoisotopic (exact) mass is 268 g/mol. The fraction of sp³-hybridized carbons (Fsp3) is 0.800. The molecule has 0 aliphatic heterocycles. The lowest BCUT2D eigenvalue weighted by atomic mass is 10.2. The number of esters is 2. The maximum Gasteiger partial charge on any atom is 0.335 e. The highest BCUT2D eigenvalue weighted by atomic mass is 16.5. The summed E-state index contributed by atoms with van der Waals surface area (Å²) in [6.45, 7) is -0.331. The SMILES string of the molecule is COC(=O)CC(O)C(=O)OC.OCC[C@H](O)CO. The van der Waals surface area contributed by atoms with Gasteiger partial charge in [-0.2, -0.15) is 0 Å². The third kappa shape index (κ3) is 11.3. The number of rotatable bonds is 6. The van der Waals surface area contributed by atoms with Gasteiger partial charge in [0.1, 0.15) is 0 Å². The molecule has 0 bridgehead atoms. The van der Waals surface area contributed by atoms with Gasteiger partial charge in [0.05, 0.1) is 33.4 Å². The standard InChI is InChI=1S/C6H10O5.C4H10O3/c1-10-5(8)3-4(7)6(9)11-2;5-2-1-4(7)3-6/h4,7H,3H2,1-2H3;4-7H,1-3H2/t;4-/m.0/s1. The maximum absolute atomic E-state index is 10.5. The van der Waals surface area contributed by atoms with Crippen LogP contribution in [0.15, 0.2) is 0 Å². The second kappa shape index (κ2) is 12.2. The number of hydrogen-bond acceptors (Lipinski definition) is 8. The Bertz CT molecular complexity index is 230. The summed E-state index contributed by atoms with van der Waals surface area (Å²) in [7, 11) is 2.30. The normalized spacial score (nSPS) is 12.8. The summed E-state index contributed by atoms with van der Waals surface area (Å²) in [5.74, 6) is -1.49. The lowest BCUT2D eigenvalue weighted by Crippen LogP contribution is -2.25. The summed E-state index contributed by atoms with van der Waals surface area (Å²) in [6, 6.07) is 0. The highest BCUT2D eigenvalue weighted by Gasteiger charge is 2.19. The molecule has 8 heteroatoms. The number of aliphatic hydroxyl groups is 4. The fourth-order valence-electron chi connectivity index (χ4n) is 0.701. The van der Waals surface area contributed by atoms with Crippen molar-refractivity contribution in [1.82, 2.24) is 0 Å². The van der Waals surface area contributed by atoms with Crippen LogP contribution in [0.2, 0.25) is 0 Å². The summed E-state index contributed by atoms with van der Waals surface area (Å²) in [4.78, 5) is 20.9. The molecule has 0 aromatic heterocycles. The molecule has 18 heavy (non-hydrogen) atoms. The molecule has 0 radical (unpaired) electrons. The molecule has 0 aromatic carbocycles. The van der Waals surface area contributed by atoms with Crippen LogP contribution in [0.5, 0.6) is 0 Å². The van der Waals surface area contributed by atoms with Crippen LogP contribution in [-0.4, -0.2) is 72.0 Å². The van der Waals surface area contributed by atoms with Crippen molar-refractivity contribution < 1.29 is 39.5 Å². The second-order valence-electron chi connectivity index (χ2n) is 3.17. The van der Waals surface area contributed by atoms with Gasteiger partial charge in [0.25, 0.3) is 0 Å². The lowest BCUT2D eigenvalue weighted by Gasteiger charge is -2.05. The molecule has 0 amide bonds. The number of hydrogen-bond donors (Lipinski definition) is 4. The van der Waals surface area contributed by atoms with Crippen molar-refractivity contribution in [2.75, 3.05) is 27.4 Å². The van der Waals surface area contributed by atoms with E-state index in [-0.39, 0.29) is 26.1 Å². The third-order valence-corrected chi connectivity index (χ3v) is 1.73. The van der Waals surface area contributed by atoms with Crippen molar-refractivity contribution >= 4 is 11.9 Å². The number of ether oxygens (including phenoxy) is 2. The molecule has 0 spiro atoms. The smallest absolute Gasteiger partial charge is 0.335 e. The molecule has 0 rings (SSSR count). The number of aliphatic hydroxyl groups excluding tert-OH is 4. The van der Waals surface area contributed by atoms with E-state index in [1.165, 1.54) is 7.11 Å². The van der Waals surface area contributed by atoms with Crippen LogP contribution in [0.25, 0.3) is 0 Å². The number of carbonyl (C=O) groups is 2. The van der Waals surface area contributed by atoms with Gasteiger partial charge in [-0.1, -0.05) is 0 Å². The predicted octanol–water partition coefficient (Wildman–Crippen LogP) is -2.19. The lowest BCUT2D eigenvalue weighted by molar-refractivity contribution is -0.156. The van der Waals surface area contributed by atoms with E-state index >= 15 is 0 Å². The van der Waals surface area contributed by atoms with Crippen LogP contribution in [0.4, 0.5) is 0 Å². The van der Waals surface area contributed by atoms with Gasteiger partial charge in [0.2, 0.25) is 0 Å². The van der Waals surface area contributed by atoms with Crippen molar-refractivity contribution in [1.29, 1.82) is 0 Å². The van der Waals surface area contributed by atoms with Crippen LogP contribution >= 0.6 is 0 Å². The van der Waals surface area contributed by atoms with E-state index in [0.29, 0.717) is 0 Å². The van der Waals surface area contributed by atoms with E-state index in [9.17, 15) is 9.59 Å². The summed E-state index contributed by atoms with van der Waals surface area (Å²) in [6.07, 6.45) is -2.28. The minimum atomic E-state index is -1.42. The zero-order chi connectivity index (χ0) is 14.6. The van der Waals surface area contributed by atoms with Gasteiger partial charge in [0, 0.05) is 6.61 Å². The Morgan fingerprint density at radius 1 is 1.11 bits per heavy atom. The van der Waals surface area contributed by atoms with E-state index in [0.717, 1.165) is 7.11 Å². The molecule has 4 N–H and O–H groups in total. The molecule has 8 nitrogen and oxygen atoms in total. The highest BCUT2D eigenvalue weighted by molar-refractivity contribution is 5.81. The molecular formula is C10H20O8. The Hall–Kier alpha value is -1.22. The van der Waals surface area contributed by atoms with Gasteiger partial charge in [-0.05, 0) is 6.42 Å². The molecule has 0 saturated heterocycles. The van der Waals surface area contributed by atoms with Crippen LogP contribution < -0.4 is 0 Å². The van der Waals surface area contributed by atoms with Gasteiger partial charge < -0.3 is 29.9 Å². The Kier molecular flexibility index (Phi) is 13.0. The minimum Gasteiger partial charge on any atom is -0.469 e.